The average molecular weight is 715 g/mol. The van der Waals surface area contributed by atoms with Crippen LogP contribution in [0.5, 0.6) is 0 Å². The molecule has 0 bridgehead atoms. The molecule has 8 nitrogen and oxygen atoms in total. The Morgan fingerprint density at radius 2 is 0.609 bits per heavy atom. The molecule has 0 amide bonds. The molecule has 0 aliphatic carbocycles. The maximum Gasteiger partial charge on any atom is 1.00 e. The van der Waals surface area contributed by atoms with E-state index in [9.17, 15) is 25.9 Å². The van der Waals surface area contributed by atoms with Gasteiger partial charge in [-0.1, -0.05) is 167 Å². The van der Waals surface area contributed by atoms with Gasteiger partial charge in [0.2, 0.25) is 20.8 Å². The molecule has 12 heteroatoms. The predicted octanol–water partition coefficient (Wildman–Crippen LogP) is 4.45. The molecule has 0 N–H and O–H groups in total. The molecular weight excluding hydrogens is 646 g/mol. The van der Waals surface area contributed by atoms with Crippen molar-refractivity contribution in [1.29, 1.82) is 0 Å². The molecule has 0 saturated carbocycles. The Hall–Kier alpha value is 1.48. The number of hydrogen-bond donors (Lipinski definition) is 0. The van der Waals surface area contributed by atoms with Crippen LogP contribution >= 0.6 is 0 Å². The Bertz CT molecular complexity index is 810. The molecule has 0 rings (SSSR count). The van der Waals surface area contributed by atoms with Gasteiger partial charge in [-0.05, 0) is 38.5 Å². The molecule has 0 unspecified atom stereocenters. The molecule has 46 heavy (non-hydrogen) atoms. The first kappa shape index (κ1) is 54.3. The smallest absolute Gasteiger partial charge is 0.726 e. The maximum atomic E-state index is 10.2. The summed E-state index contributed by atoms with van der Waals surface area (Å²) in [6.07, 6.45) is 38.8. The van der Waals surface area contributed by atoms with E-state index in [4.69, 9.17) is 0 Å². The summed E-state index contributed by atoms with van der Waals surface area (Å²) in [7, 11) is -8.99. The first-order chi connectivity index (χ1) is 21.1. The zero-order valence-corrected chi connectivity index (χ0v) is 36.1. The fraction of sp³-hybridized carbons (Fsp3) is 0.941. The standard InChI is InChI=1S/C18H36O4S.C16H34O4S.2Na/c1-2-3-4-5-6-7-8-9-10-11-12-13-14-15-16-17-18-22-23(19,20)21;1-2-3-4-5-6-7-8-9-10-11-12-13-14-15-16-20-21(17,18)19;;/h9-10H,2-8,11-18H2,1H3,(H,19,20,21);2-16H2,1H3,(H,17,18,19);;/q;;2*+1/p-2/b10-9-;;;. The average Bonchev–Trinajstić information content (AvgIpc) is 2.96. The number of allylic oxidation sites excluding steroid dienone is 2. The zero-order chi connectivity index (χ0) is 33.0. The summed E-state index contributed by atoms with van der Waals surface area (Å²) in [5.74, 6) is 0. The van der Waals surface area contributed by atoms with Gasteiger partial charge in [0.25, 0.3) is 0 Å². The van der Waals surface area contributed by atoms with E-state index in [0.717, 1.165) is 38.5 Å². The van der Waals surface area contributed by atoms with Crippen LogP contribution in [0.15, 0.2) is 12.2 Å². The van der Waals surface area contributed by atoms with Crippen molar-refractivity contribution in [2.24, 2.45) is 0 Å². The molecule has 0 aromatic rings. The fourth-order valence-electron chi connectivity index (χ4n) is 4.97. The Morgan fingerprint density at radius 3 is 0.848 bits per heavy atom. The van der Waals surface area contributed by atoms with Gasteiger partial charge in [-0.2, -0.15) is 0 Å². The van der Waals surface area contributed by atoms with Crippen molar-refractivity contribution in [1.82, 2.24) is 0 Å². The monoisotopic (exact) mass is 714 g/mol. The summed E-state index contributed by atoms with van der Waals surface area (Å²) in [4.78, 5) is 0. The topological polar surface area (TPSA) is 133 Å². The number of rotatable bonds is 33. The van der Waals surface area contributed by atoms with Gasteiger partial charge in [0.1, 0.15) is 0 Å². The molecule has 0 fully saturated rings. The van der Waals surface area contributed by atoms with E-state index in [1.54, 1.807) is 0 Å². The summed E-state index contributed by atoms with van der Waals surface area (Å²) < 4.78 is 69.5. The molecule has 266 valence electrons. The molecule has 0 aliphatic rings. The van der Waals surface area contributed by atoms with Crippen molar-refractivity contribution >= 4 is 20.8 Å². The van der Waals surface area contributed by atoms with Gasteiger partial charge >= 0.3 is 59.1 Å². The third kappa shape index (κ3) is 57.7. The minimum Gasteiger partial charge on any atom is -0.726 e. The van der Waals surface area contributed by atoms with Gasteiger partial charge in [0, 0.05) is 0 Å². The van der Waals surface area contributed by atoms with Gasteiger partial charge in [-0.3, -0.25) is 8.37 Å². The van der Waals surface area contributed by atoms with Crippen LogP contribution in [0, 0.1) is 0 Å². The van der Waals surface area contributed by atoms with Crippen LogP contribution in [0.25, 0.3) is 0 Å². The summed E-state index contributed by atoms with van der Waals surface area (Å²) in [6.45, 7) is 4.55. The molecule has 0 saturated heterocycles. The van der Waals surface area contributed by atoms with Gasteiger partial charge in [-0.25, -0.2) is 16.8 Å². The zero-order valence-electron chi connectivity index (χ0n) is 30.5. The van der Waals surface area contributed by atoms with E-state index in [-0.39, 0.29) is 72.3 Å². The quantitative estimate of drug-likeness (QED) is 0.0320. The van der Waals surface area contributed by atoms with E-state index in [0.29, 0.717) is 12.8 Å². The molecular formula is C34H68Na2O8S2. The van der Waals surface area contributed by atoms with Crippen molar-refractivity contribution in [3.05, 3.63) is 12.2 Å². The summed E-state index contributed by atoms with van der Waals surface area (Å²) >= 11 is 0. The molecule has 0 radical (unpaired) electrons. The first-order valence-corrected chi connectivity index (χ1v) is 20.6. The molecule has 0 spiro atoms. The SMILES string of the molecule is CCCCCCCC/C=C\CCCCCCCCOS(=O)(=O)[O-].CCCCCCCCCCCCCCCCOS(=O)(=O)[O-].[Na+].[Na+]. The van der Waals surface area contributed by atoms with Crippen LogP contribution in [-0.2, 0) is 29.2 Å². The van der Waals surface area contributed by atoms with Crippen molar-refractivity contribution in [3.63, 3.8) is 0 Å². The maximum absolute atomic E-state index is 10.2. The van der Waals surface area contributed by atoms with Crippen LogP contribution in [0.1, 0.15) is 194 Å². The Morgan fingerprint density at radius 1 is 0.391 bits per heavy atom. The van der Waals surface area contributed by atoms with E-state index in [1.807, 2.05) is 0 Å². The van der Waals surface area contributed by atoms with Gasteiger partial charge in [-0.15, -0.1) is 0 Å². The number of hydrogen-bond acceptors (Lipinski definition) is 8. The van der Waals surface area contributed by atoms with Crippen LogP contribution in [0.4, 0.5) is 0 Å². The van der Waals surface area contributed by atoms with Crippen molar-refractivity contribution < 1.29 is 93.4 Å². The minimum atomic E-state index is -4.50. The number of unbranched alkanes of at least 4 members (excludes halogenated alkanes) is 25. The minimum absolute atomic E-state index is 0. The first-order valence-electron chi connectivity index (χ1n) is 18.0. The predicted molar refractivity (Wildman–Crippen MR) is 181 cm³/mol. The molecule has 0 aromatic carbocycles. The van der Waals surface area contributed by atoms with Crippen LogP contribution in [0.3, 0.4) is 0 Å². The Kier molecular flexibility index (Phi) is 50.3. The normalized spacial score (nSPS) is 11.6. The van der Waals surface area contributed by atoms with Crippen LogP contribution in [0.2, 0.25) is 0 Å². The van der Waals surface area contributed by atoms with Crippen molar-refractivity contribution in [2.45, 2.75) is 194 Å². The van der Waals surface area contributed by atoms with E-state index in [2.05, 4.69) is 34.4 Å². The van der Waals surface area contributed by atoms with Crippen LogP contribution in [-0.4, -0.2) is 39.2 Å². The largest absolute Gasteiger partial charge is 1.00 e. The second-order valence-corrected chi connectivity index (χ2v) is 14.1. The van der Waals surface area contributed by atoms with E-state index >= 15 is 0 Å². The van der Waals surface area contributed by atoms with Gasteiger partial charge in [0.15, 0.2) is 0 Å². The summed E-state index contributed by atoms with van der Waals surface area (Å²) in [5, 5.41) is 0. The molecule has 0 atom stereocenters. The van der Waals surface area contributed by atoms with Crippen molar-refractivity contribution in [2.75, 3.05) is 13.2 Å². The van der Waals surface area contributed by atoms with E-state index in [1.165, 1.54) is 128 Å². The summed E-state index contributed by atoms with van der Waals surface area (Å²) in [5.41, 5.74) is 0. The van der Waals surface area contributed by atoms with E-state index < -0.39 is 20.8 Å². The Labute approximate surface area is 330 Å². The van der Waals surface area contributed by atoms with Crippen LogP contribution < -0.4 is 59.1 Å². The second-order valence-electron chi connectivity index (χ2n) is 12.0. The van der Waals surface area contributed by atoms with Gasteiger partial charge in [0.05, 0.1) is 13.2 Å². The molecule has 0 heterocycles. The molecule has 0 aliphatic heterocycles. The van der Waals surface area contributed by atoms with Gasteiger partial charge < -0.3 is 9.11 Å². The molecule has 0 aromatic heterocycles. The fourth-order valence-corrected chi connectivity index (χ4v) is 5.61. The third-order valence-corrected chi connectivity index (χ3v) is 8.52. The summed E-state index contributed by atoms with van der Waals surface area (Å²) in [6, 6.07) is 0. The third-order valence-electron chi connectivity index (χ3n) is 7.61. The Balaban J connectivity index is -0.000000369. The second kappa shape index (κ2) is 42.6. The van der Waals surface area contributed by atoms with Crippen molar-refractivity contribution in [3.8, 4) is 0 Å².